The van der Waals surface area contributed by atoms with Gasteiger partial charge in [0.2, 0.25) is 5.89 Å². The van der Waals surface area contributed by atoms with E-state index in [0.717, 1.165) is 13.0 Å². The molecule has 0 bridgehead atoms. The number of rotatable bonds is 3. The number of aromatic nitrogens is 2. The topological polar surface area (TPSA) is 86.2 Å². The first-order chi connectivity index (χ1) is 7.09. The first kappa shape index (κ1) is 10.4. The van der Waals surface area contributed by atoms with Gasteiger partial charge in [0.05, 0.1) is 18.2 Å². The second kappa shape index (κ2) is 3.79. The Morgan fingerprint density at radius 3 is 2.87 bits per heavy atom. The molecule has 1 aliphatic heterocycles. The van der Waals surface area contributed by atoms with E-state index in [9.17, 15) is 0 Å². The molecular formula is C9H16N4O2. The van der Waals surface area contributed by atoms with Gasteiger partial charge in [-0.1, -0.05) is 5.10 Å². The highest BCUT2D eigenvalue weighted by Gasteiger charge is 2.31. The van der Waals surface area contributed by atoms with Crippen LogP contribution < -0.4 is 11.1 Å². The van der Waals surface area contributed by atoms with Gasteiger partial charge in [0, 0.05) is 6.61 Å². The maximum absolute atomic E-state index is 5.62. The number of anilines is 1. The van der Waals surface area contributed by atoms with E-state index in [1.807, 2.05) is 0 Å². The highest BCUT2D eigenvalue weighted by molar-refractivity contribution is 5.24. The molecule has 3 N–H and O–H groups in total. The summed E-state index contributed by atoms with van der Waals surface area (Å²) in [5, 5.41) is 10.9. The van der Waals surface area contributed by atoms with Crippen molar-refractivity contribution < 1.29 is 9.15 Å². The summed E-state index contributed by atoms with van der Waals surface area (Å²) in [5.74, 6) is 0.444. The van der Waals surface area contributed by atoms with Crippen LogP contribution in [0.2, 0.25) is 0 Å². The van der Waals surface area contributed by atoms with Crippen molar-refractivity contribution in [3.8, 4) is 0 Å². The van der Waals surface area contributed by atoms with Crippen molar-refractivity contribution in [2.45, 2.75) is 31.8 Å². The lowest BCUT2D eigenvalue weighted by atomic mass is 10.0. The first-order valence-electron chi connectivity index (χ1n) is 5.04. The van der Waals surface area contributed by atoms with Crippen LogP contribution in [-0.2, 0) is 4.74 Å². The Bertz CT molecular complexity index is 331. The summed E-state index contributed by atoms with van der Waals surface area (Å²) >= 11 is 0. The quantitative estimate of drug-likeness (QED) is 0.766. The Kier molecular flexibility index (Phi) is 2.62. The number of nitrogens with one attached hydrogen (secondary N) is 1. The molecule has 2 rings (SSSR count). The minimum absolute atomic E-state index is 0.109. The minimum Gasteiger partial charge on any atom is -0.406 e. The van der Waals surface area contributed by atoms with E-state index in [-0.39, 0.29) is 11.6 Å². The Balaban J connectivity index is 2.04. The summed E-state index contributed by atoms with van der Waals surface area (Å²) in [6.07, 6.45) is 0.933. The molecule has 15 heavy (non-hydrogen) atoms. The highest BCUT2D eigenvalue weighted by atomic mass is 16.5. The molecule has 0 amide bonds. The van der Waals surface area contributed by atoms with Crippen LogP contribution in [0.25, 0.3) is 0 Å². The van der Waals surface area contributed by atoms with Crippen LogP contribution in [0.1, 0.15) is 32.2 Å². The van der Waals surface area contributed by atoms with E-state index < -0.39 is 0 Å². The normalized spacial score (nSPS) is 27.9. The van der Waals surface area contributed by atoms with E-state index in [1.165, 1.54) is 0 Å². The zero-order valence-corrected chi connectivity index (χ0v) is 8.99. The molecule has 0 aromatic carbocycles. The van der Waals surface area contributed by atoms with E-state index in [2.05, 4.69) is 22.4 Å². The lowest BCUT2D eigenvalue weighted by Gasteiger charge is -2.21. The van der Waals surface area contributed by atoms with Gasteiger partial charge in [-0.2, -0.15) is 0 Å². The third-order valence-corrected chi connectivity index (χ3v) is 2.46. The first-order valence-corrected chi connectivity index (χ1v) is 5.04. The van der Waals surface area contributed by atoms with E-state index >= 15 is 0 Å². The SMILES string of the molecule is CC(N)c1nnc(NC2(C)CCOC2)o1. The number of nitrogens with two attached hydrogens (primary N) is 1. The van der Waals surface area contributed by atoms with E-state index in [0.29, 0.717) is 18.5 Å². The van der Waals surface area contributed by atoms with Gasteiger partial charge in [0.25, 0.3) is 0 Å². The lowest BCUT2D eigenvalue weighted by molar-refractivity contribution is 0.184. The minimum atomic E-state index is -0.235. The van der Waals surface area contributed by atoms with Crippen molar-refractivity contribution >= 4 is 6.01 Å². The average molecular weight is 212 g/mol. The summed E-state index contributed by atoms with van der Waals surface area (Å²) in [6.45, 7) is 5.29. The second-order valence-corrected chi connectivity index (χ2v) is 4.22. The van der Waals surface area contributed by atoms with Crippen LogP contribution in [0, 0.1) is 0 Å². The van der Waals surface area contributed by atoms with Crippen molar-refractivity contribution in [3.05, 3.63) is 5.89 Å². The van der Waals surface area contributed by atoms with Gasteiger partial charge in [-0.15, -0.1) is 5.10 Å². The lowest BCUT2D eigenvalue weighted by Crippen LogP contribution is -2.35. The van der Waals surface area contributed by atoms with Gasteiger partial charge in [0.15, 0.2) is 0 Å². The van der Waals surface area contributed by atoms with Gasteiger partial charge in [-0.05, 0) is 20.3 Å². The molecule has 1 aromatic rings. The summed E-state index contributed by atoms with van der Waals surface area (Å²) < 4.78 is 10.7. The molecule has 6 heteroatoms. The molecular weight excluding hydrogens is 196 g/mol. The summed E-state index contributed by atoms with van der Waals surface area (Å²) in [5.41, 5.74) is 5.51. The maximum atomic E-state index is 5.62. The smallest absolute Gasteiger partial charge is 0.316 e. The Morgan fingerprint density at radius 1 is 1.53 bits per heavy atom. The van der Waals surface area contributed by atoms with Crippen molar-refractivity contribution in [1.29, 1.82) is 0 Å². The highest BCUT2D eigenvalue weighted by Crippen LogP contribution is 2.23. The Hall–Kier alpha value is -1.14. The van der Waals surface area contributed by atoms with Gasteiger partial charge in [-0.3, -0.25) is 0 Å². The molecule has 84 valence electrons. The molecule has 1 aromatic heterocycles. The fraction of sp³-hybridized carbons (Fsp3) is 0.778. The summed E-state index contributed by atoms with van der Waals surface area (Å²) in [6, 6.07) is 0.177. The summed E-state index contributed by atoms with van der Waals surface area (Å²) in [7, 11) is 0. The molecule has 0 spiro atoms. The number of hydrogen-bond acceptors (Lipinski definition) is 6. The van der Waals surface area contributed by atoms with Crippen LogP contribution in [0.3, 0.4) is 0 Å². The standard InChI is InChI=1S/C9H16N4O2/c1-6(10)7-12-13-8(15-7)11-9(2)3-4-14-5-9/h6H,3-5,10H2,1-2H3,(H,11,13). The predicted octanol–water partition coefficient (Wildman–Crippen LogP) is 0.680. The van der Waals surface area contributed by atoms with Gasteiger partial charge >= 0.3 is 6.01 Å². The Labute approximate surface area is 88.2 Å². The van der Waals surface area contributed by atoms with Crippen LogP contribution in [0.15, 0.2) is 4.42 Å². The number of ether oxygens (including phenoxy) is 1. The van der Waals surface area contributed by atoms with Crippen LogP contribution in [-0.4, -0.2) is 29.0 Å². The fourth-order valence-electron chi connectivity index (χ4n) is 1.49. The third kappa shape index (κ3) is 2.27. The maximum Gasteiger partial charge on any atom is 0.316 e. The van der Waals surface area contributed by atoms with Crippen molar-refractivity contribution in [2.24, 2.45) is 5.73 Å². The van der Waals surface area contributed by atoms with Crippen LogP contribution in [0.4, 0.5) is 6.01 Å². The molecule has 1 fully saturated rings. The molecule has 0 aliphatic carbocycles. The monoisotopic (exact) mass is 212 g/mol. The largest absolute Gasteiger partial charge is 0.406 e. The van der Waals surface area contributed by atoms with Gasteiger partial charge < -0.3 is 20.2 Å². The fourth-order valence-corrected chi connectivity index (χ4v) is 1.49. The number of nitrogens with zero attached hydrogens (tertiary/aromatic N) is 2. The summed E-state index contributed by atoms with van der Waals surface area (Å²) in [4.78, 5) is 0. The van der Waals surface area contributed by atoms with Crippen LogP contribution in [0.5, 0.6) is 0 Å². The van der Waals surface area contributed by atoms with Crippen LogP contribution >= 0.6 is 0 Å². The van der Waals surface area contributed by atoms with Crippen molar-refractivity contribution in [2.75, 3.05) is 18.5 Å². The molecule has 1 aliphatic rings. The van der Waals surface area contributed by atoms with E-state index in [4.69, 9.17) is 14.9 Å². The average Bonchev–Trinajstić information content (AvgIpc) is 2.75. The van der Waals surface area contributed by atoms with E-state index in [1.54, 1.807) is 6.92 Å². The molecule has 0 radical (unpaired) electrons. The molecule has 1 saturated heterocycles. The number of hydrogen-bond donors (Lipinski definition) is 2. The molecule has 0 saturated carbocycles. The molecule has 2 atom stereocenters. The molecule has 6 nitrogen and oxygen atoms in total. The van der Waals surface area contributed by atoms with Crippen molar-refractivity contribution in [1.82, 2.24) is 10.2 Å². The van der Waals surface area contributed by atoms with Gasteiger partial charge in [-0.25, -0.2) is 0 Å². The second-order valence-electron chi connectivity index (χ2n) is 4.22. The zero-order chi connectivity index (χ0) is 10.9. The van der Waals surface area contributed by atoms with Gasteiger partial charge in [0.1, 0.15) is 0 Å². The third-order valence-electron chi connectivity index (χ3n) is 2.46. The zero-order valence-electron chi connectivity index (χ0n) is 8.99. The van der Waals surface area contributed by atoms with Crippen molar-refractivity contribution in [3.63, 3.8) is 0 Å². The predicted molar refractivity (Wildman–Crippen MR) is 54.4 cm³/mol. The molecule has 2 unspecified atom stereocenters. The molecule has 2 heterocycles. The Morgan fingerprint density at radius 2 is 2.33 bits per heavy atom.